The van der Waals surface area contributed by atoms with Crippen LogP contribution in [0.1, 0.15) is 16.8 Å². The number of aromatic nitrogens is 2. The average molecular weight is 301 g/mol. The van der Waals surface area contributed by atoms with E-state index in [0.717, 1.165) is 23.4 Å². The zero-order valence-electron chi connectivity index (χ0n) is 9.47. The highest BCUT2D eigenvalue weighted by molar-refractivity contribution is 9.10. The molecule has 0 atom stereocenters. The van der Waals surface area contributed by atoms with Crippen LogP contribution in [0.3, 0.4) is 0 Å². The molecule has 0 saturated heterocycles. The van der Waals surface area contributed by atoms with Crippen LogP contribution in [0, 0.1) is 11.3 Å². The van der Waals surface area contributed by atoms with Crippen molar-refractivity contribution in [1.82, 2.24) is 10.2 Å². The summed E-state index contributed by atoms with van der Waals surface area (Å²) >= 11 is 3.48. The maximum atomic E-state index is 8.70. The van der Waals surface area contributed by atoms with Crippen LogP contribution in [0.4, 0.5) is 5.82 Å². The molecule has 0 N–H and O–H groups in total. The second kappa shape index (κ2) is 4.39. The Morgan fingerprint density at radius 1 is 1.11 bits per heavy atom. The van der Waals surface area contributed by atoms with Crippen molar-refractivity contribution >= 4 is 21.7 Å². The van der Waals surface area contributed by atoms with Crippen LogP contribution in [-0.2, 0) is 13.1 Å². The Balaban J connectivity index is 1.87. The molecule has 0 radical (unpaired) electrons. The van der Waals surface area contributed by atoms with Crippen LogP contribution in [0.2, 0.25) is 0 Å². The quantitative estimate of drug-likeness (QED) is 0.812. The van der Waals surface area contributed by atoms with Gasteiger partial charge in [-0.3, -0.25) is 0 Å². The lowest BCUT2D eigenvalue weighted by atomic mass is 10.1. The SMILES string of the molecule is N#Cc1ccc(N2Cc3ccc(Br)cc3C2)nn1. The minimum Gasteiger partial charge on any atom is -0.346 e. The smallest absolute Gasteiger partial charge is 0.163 e. The Morgan fingerprint density at radius 2 is 1.94 bits per heavy atom. The van der Waals surface area contributed by atoms with Gasteiger partial charge in [0.1, 0.15) is 6.07 Å². The first kappa shape index (κ1) is 11.2. The van der Waals surface area contributed by atoms with Crippen molar-refractivity contribution in [2.45, 2.75) is 13.1 Å². The first-order valence-electron chi connectivity index (χ1n) is 5.52. The molecule has 2 aromatic rings. The highest BCUT2D eigenvalue weighted by Gasteiger charge is 2.20. The average Bonchev–Trinajstić information content (AvgIpc) is 2.81. The topological polar surface area (TPSA) is 52.8 Å². The summed E-state index contributed by atoms with van der Waals surface area (Å²) in [5.74, 6) is 0.807. The van der Waals surface area contributed by atoms with Crippen molar-refractivity contribution < 1.29 is 0 Å². The third-order valence-electron chi connectivity index (χ3n) is 2.98. The number of nitriles is 1. The summed E-state index contributed by atoms with van der Waals surface area (Å²) < 4.78 is 1.09. The van der Waals surface area contributed by atoms with Crippen LogP contribution in [0.25, 0.3) is 0 Å². The molecule has 1 aliphatic rings. The molecule has 5 heteroatoms. The largest absolute Gasteiger partial charge is 0.346 e. The summed E-state index contributed by atoms with van der Waals surface area (Å²) in [6.45, 7) is 1.67. The summed E-state index contributed by atoms with van der Waals surface area (Å²) in [6, 6.07) is 11.8. The molecule has 3 rings (SSSR count). The fraction of sp³-hybridized carbons (Fsp3) is 0.154. The molecule has 0 fully saturated rings. The van der Waals surface area contributed by atoms with Crippen LogP contribution in [0.15, 0.2) is 34.8 Å². The van der Waals surface area contributed by atoms with E-state index in [2.05, 4.69) is 43.2 Å². The molecule has 0 aliphatic carbocycles. The van der Waals surface area contributed by atoms with Crippen molar-refractivity contribution in [2.75, 3.05) is 4.90 Å². The molecule has 1 aromatic heterocycles. The van der Waals surface area contributed by atoms with Gasteiger partial charge in [-0.25, -0.2) is 0 Å². The fourth-order valence-electron chi connectivity index (χ4n) is 2.08. The van der Waals surface area contributed by atoms with Crippen LogP contribution in [-0.4, -0.2) is 10.2 Å². The minimum absolute atomic E-state index is 0.346. The number of anilines is 1. The highest BCUT2D eigenvalue weighted by Crippen LogP contribution is 2.28. The second-order valence-electron chi connectivity index (χ2n) is 4.16. The lowest BCUT2D eigenvalue weighted by molar-refractivity contribution is 0.828. The molecule has 4 nitrogen and oxygen atoms in total. The van der Waals surface area contributed by atoms with E-state index in [9.17, 15) is 0 Å². The molecular weight excluding hydrogens is 292 g/mol. The van der Waals surface area contributed by atoms with Gasteiger partial charge in [0.15, 0.2) is 11.5 Å². The Bertz CT molecular complexity index is 630. The molecular formula is C13H9BrN4. The second-order valence-corrected chi connectivity index (χ2v) is 5.07. The van der Waals surface area contributed by atoms with E-state index in [4.69, 9.17) is 5.26 Å². The molecule has 1 aromatic carbocycles. The summed E-state index contributed by atoms with van der Waals surface area (Å²) in [5, 5.41) is 16.6. The number of fused-ring (bicyclic) bond motifs is 1. The third kappa shape index (κ3) is 1.95. The first-order valence-corrected chi connectivity index (χ1v) is 6.31. The molecule has 18 heavy (non-hydrogen) atoms. The number of hydrogen-bond acceptors (Lipinski definition) is 4. The van der Waals surface area contributed by atoms with E-state index in [1.54, 1.807) is 6.07 Å². The number of halogens is 1. The number of benzene rings is 1. The molecule has 88 valence electrons. The van der Waals surface area contributed by atoms with Gasteiger partial charge < -0.3 is 4.90 Å². The summed E-state index contributed by atoms with van der Waals surface area (Å²) in [4.78, 5) is 2.14. The van der Waals surface area contributed by atoms with Crippen molar-refractivity contribution in [3.8, 4) is 6.07 Å². The summed E-state index contributed by atoms with van der Waals surface area (Å²) in [5.41, 5.74) is 2.96. The van der Waals surface area contributed by atoms with Gasteiger partial charge in [0.05, 0.1) is 0 Å². The van der Waals surface area contributed by atoms with E-state index < -0.39 is 0 Å². The monoisotopic (exact) mass is 300 g/mol. The zero-order chi connectivity index (χ0) is 12.5. The molecule has 0 amide bonds. The lowest BCUT2D eigenvalue weighted by Gasteiger charge is -2.14. The summed E-state index contributed by atoms with van der Waals surface area (Å²) in [6.07, 6.45) is 0. The Morgan fingerprint density at radius 3 is 2.67 bits per heavy atom. The molecule has 2 heterocycles. The van der Waals surface area contributed by atoms with E-state index in [-0.39, 0.29) is 0 Å². The van der Waals surface area contributed by atoms with Crippen molar-refractivity contribution in [3.05, 3.63) is 51.6 Å². The third-order valence-corrected chi connectivity index (χ3v) is 3.47. The van der Waals surface area contributed by atoms with Gasteiger partial charge in [0, 0.05) is 17.6 Å². The first-order chi connectivity index (χ1) is 8.76. The molecule has 0 spiro atoms. The molecule has 0 saturated carbocycles. The van der Waals surface area contributed by atoms with Crippen molar-refractivity contribution in [3.63, 3.8) is 0 Å². The van der Waals surface area contributed by atoms with Gasteiger partial charge in [-0.1, -0.05) is 22.0 Å². The number of rotatable bonds is 1. The van der Waals surface area contributed by atoms with Crippen molar-refractivity contribution in [2.24, 2.45) is 0 Å². The molecule has 1 aliphatic heterocycles. The highest BCUT2D eigenvalue weighted by atomic mass is 79.9. The van der Waals surface area contributed by atoms with Gasteiger partial charge in [0.2, 0.25) is 0 Å². The van der Waals surface area contributed by atoms with Gasteiger partial charge in [-0.2, -0.15) is 5.26 Å². The van der Waals surface area contributed by atoms with E-state index >= 15 is 0 Å². The lowest BCUT2D eigenvalue weighted by Crippen LogP contribution is -2.16. The van der Waals surface area contributed by atoms with E-state index in [1.807, 2.05) is 18.2 Å². The standard InChI is InChI=1S/C13H9BrN4/c14-11-2-1-9-7-18(8-10(9)5-11)13-4-3-12(6-15)16-17-13/h1-5H,7-8H2. The normalized spacial score (nSPS) is 13.2. The maximum absolute atomic E-state index is 8.70. The number of nitrogens with zero attached hydrogens (tertiary/aromatic N) is 4. The van der Waals surface area contributed by atoms with Crippen molar-refractivity contribution in [1.29, 1.82) is 5.26 Å². The van der Waals surface area contributed by atoms with E-state index in [0.29, 0.717) is 5.69 Å². The van der Waals surface area contributed by atoms with Gasteiger partial charge >= 0.3 is 0 Å². The van der Waals surface area contributed by atoms with Crippen LogP contribution >= 0.6 is 15.9 Å². The Hall–Kier alpha value is -1.93. The maximum Gasteiger partial charge on any atom is 0.163 e. The fourth-order valence-corrected chi connectivity index (χ4v) is 2.49. The zero-order valence-corrected chi connectivity index (χ0v) is 11.1. The Kier molecular flexibility index (Phi) is 2.73. The van der Waals surface area contributed by atoms with Gasteiger partial charge in [-0.15, -0.1) is 10.2 Å². The molecule has 0 bridgehead atoms. The van der Waals surface area contributed by atoms with E-state index in [1.165, 1.54) is 11.1 Å². The summed E-state index contributed by atoms with van der Waals surface area (Å²) in [7, 11) is 0. The predicted molar refractivity (Wildman–Crippen MR) is 70.8 cm³/mol. The van der Waals surface area contributed by atoms with Crippen LogP contribution < -0.4 is 4.90 Å². The van der Waals surface area contributed by atoms with Gasteiger partial charge in [0.25, 0.3) is 0 Å². The van der Waals surface area contributed by atoms with Crippen LogP contribution in [0.5, 0.6) is 0 Å². The minimum atomic E-state index is 0.346. The number of hydrogen-bond donors (Lipinski definition) is 0. The molecule has 0 unspecified atom stereocenters. The predicted octanol–water partition coefficient (Wildman–Crippen LogP) is 2.63. The van der Waals surface area contributed by atoms with Gasteiger partial charge in [-0.05, 0) is 35.4 Å². The Labute approximate surface area is 113 Å².